The number of halogens is 1. The first-order valence-electron chi connectivity index (χ1n) is 9.10. The highest BCUT2D eigenvalue weighted by Gasteiger charge is 2.42. The van der Waals surface area contributed by atoms with E-state index < -0.39 is 39.6 Å². The fourth-order valence-corrected chi connectivity index (χ4v) is 5.13. The summed E-state index contributed by atoms with van der Waals surface area (Å²) in [6.45, 7) is -0.696. The van der Waals surface area contributed by atoms with E-state index in [1.807, 2.05) is 0 Å². The molecule has 2 heterocycles. The summed E-state index contributed by atoms with van der Waals surface area (Å²) in [6, 6.07) is 14.8. The molecule has 1 N–H and O–H groups in total. The topological polar surface area (TPSA) is 105 Å². The number of aliphatic hydroxyl groups is 1. The molecule has 156 valence electrons. The molecular weight excluding hydrogens is 440 g/mol. The second-order valence-corrected chi connectivity index (χ2v) is 8.92. The number of carbonyl (C=O) groups excluding carboxylic acids is 2. The monoisotopic (exact) mass is 454 g/mol. The molecule has 7 nitrogen and oxygen atoms in total. The van der Waals surface area contributed by atoms with E-state index in [1.54, 1.807) is 12.1 Å². The van der Waals surface area contributed by atoms with E-state index in [-0.39, 0.29) is 26.6 Å². The van der Waals surface area contributed by atoms with Crippen molar-refractivity contribution in [2.75, 3.05) is 6.54 Å². The van der Waals surface area contributed by atoms with Gasteiger partial charge in [0.2, 0.25) is 5.78 Å². The molecule has 0 aliphatic carbocycles. The molecule has 0 bridgehead atoms. The van der Waals surface area contributed by atoms with Crippen LogP contribution in [0.25, 0.3) is 5.76 Å². The SMILES string of the molecule is O=C(CN1/C(=C(/O)c2ccccc2Cl)C(=O)c2ccccc2S1(=O)=O)c1cccnc1. The molecule has 0 radical (unpaired) electrons. The Bertz CT molecular complexity index is 1340. The lowest BCUT2D eigenvalue weighted by Crippen LogP contribution is -2.42. The average molecular weight is 455 g/mol. The maximum Gasteiger partial charge on any atom is 0.265 e. The Balaban J connectivity index is 1.94. The lowest BCUT2D eigenvalue weighted by Gasteiger charge is -2.31. The van der Waals surface area contributed by atoms with Crippen molar-refractivity contribution in [2.24, 2.45) is 0 Å². The third kappa shape index (κ3) is 3.60. The third-order valence-corrected chi connectivity index (χ3v) is 6.92. The number of hydrogen-bond acceptors (Lipinski definition) is 6. The minimum atomic E-state index is -4.32. The molecule has 0 unspecified atom stereocenters. The van der Waals surface area contributed by atoms with E-state index in [9.17, 15) is 23.1 Å². The summed E-state index contributed by atoms with van der Waals surface area (Å²) in [5, 5.41) is 11.1. The molecule has 31 heavy (non-hydrogen) atoms. The summed E-state index contributed by atoms with van der Waals surface area (Å²) in [5.41, 5.74) is -0.397. The number of sulfonamides is 1. The van der Waals surface area contributed by atoms with Crippen LogP contribution in [0.5, 0.6) is 0 Å². The first-order chi connectivity index (χ1) is 14.8. The van der Waals surface area contributed by atoms with Crippen molar-refractivity contribution in [3.63, 3.8) is 0 Å². The number of Topliss-reactive ketones (excluding diaryl/α,β-unsaturated/α-hetero) is 2. The van der Waals surface area contributed by atoms with Crippen LogP contribution < -0.4 is 0 Å². The van der Waals surface area contributed by atoms with Crippen LogP contribution in [0.4, 0.5) is 0 Å². The van der Waals surface area contributed by atoms with Crippen molar-refractivity contribution < 1.29 is 23.1 Å². The van der Waals surface area contributed by atoms with Crippen LogP contribution in [-0.2, 0) is 10.0 Å². The first-order valence-corrected chi connectivity index (χ1v) is 10.9. The molecule has 0 spiro atoms. The Kier molecular flexibility index (Phi) is 5.34. The van der Waals surface area contributed by atoms with Gasteiger partial charge in [0.15, 0.2) is 11.5 Å². The van der Waals surface area contributed by atoms with E-state index >= 15 is 0 Å². The standard InChI is InChI=1S/C22H15ClN2O5S/c23-17-9-3-1-7-15(17)21(27)20-22(28)16-8-2-4-10-19(16)31(29,30)25(20)13-18(26)14-6-5-11-24-12-14/h1-12,27H,13H2/b21-20+. The Morgan fingerprint density at radius 2 is 1.74 bits per heavy atom. The number of aromatic nitrogens is 1. The minimum Gasteiger partial charge on any atom is -0.505 e. The molecule has 0 saturated carbocycles. The molecule has 0 atom stereocenters. The van der Waals surface area contributed by atoms with E-state index in [0.29, 0.717) is 4.31 Å². The van der Waals surface area contributed by atoms with Crippen LogP contribution in [0.1, 0.15) is 26.3 Å². The van der Waals surface area contributed by atoms with Gasteiger partial charge < -0.3 is 5.11 Å². The number of fused-ring (bicyclic) bond motifs is 1. The van der Waals surface area contributed by atoms with Gasteiger partial charge >= 0.3 is 0 Å². The van der Waals surface area contributed by atoms with Gasteiger partial charge in [0, 0.05) is 29.1 Å². The number of allylic oxidation sites excluding steroid dienone is 1. The molecule has 1 aliphatic rings. The lowest BCUT2D eigenvalue weighted by atomic mass is 10.0. The normalized spacial score (nSPS) is 16.5. The van der Waals surface area contributed by atoms with Crippen molar-refractivity contribution >= 4 is 38.9 Å². The average Bonchev–Trinajstić information content (AvgIpc) is 2.78. The van der Waals surface area contributed by atoms with Gasteiger partial charge in [-0.25, -0.2) is 8.42 Å². The van der Waals surface area contributed by atoms with Gasteiger partial charge in [-0.2, -0.15) is 0 Å². The number of pyridine rings is 1. The van der Waals surface area contributed by atoms with Crippen molar-refractivity contribution in [3.8, 4) is 0 Å². The summed E-state index contributed by atoms with van der Waals surface area (Å²) >= 11 is 6.16. The maximum absolute atomic E-state index is 13.4. The van der Waals surface area contributed by atoms with Crippen molar-refractivity contribution in [2.45, 2.75) is 4.90 Å². The summed E-state index contributed by atoms with van der Waals surface area (Å²) in [7, 11) is -4.32. The highest BCUT2D eigenvalue weighted by atomic mass is 35.5. The number of nitrogens with zero attached hydrogens (tertiary/aromatic N) is 2. The molecule has 2 aromatic carbocycles. The number of ketones is 2. The van der Waals surface area contributed by atoms with Crippen LogP contribution in [0.3, 0.4) is 0 Å². The third-order valence-electron chi connectivity index (χ3n) is 4.79. The van der Waals surface area contributed by atoms with Crippen molar-refractivity contribution in [3.05, 3.63) is 100 Å². The van der Waals surface area contributed by atoms with Gasteiger partial charge in [-0.3, -0.25) is 18.9 Å². The number of hydrogen-bond donors (Lipinski definition) is 1. The van der Waals surface area contributed by atoms with Crippen LogP contribution in [-0.4, -0.2) is 40.9 Å². The molecule has 4 rings (SSSR count). The predicted molar refractivity (Wildman–Crippen MR) is 114 cm³/mol. The fraction of sp³-hybridized carbons (Fsp3) is 0.0455. The quantitative estimate of drug-likeness (QED) is 0.366. The number of rotatable bonds is 4. The van der Waals surface area contributed by atoms with Gasteiger partial charge in [0.05, 0.1) is 16.5 Å². The molecule has 0 fully saturated rings. The smallest absolute Gasteiger partial charge is 0.265 e. The van der Waals surface area contributed by atoms with E-state index in [4.69, 9.17) is 11.6 Å². The van der Waals surface area contributed by atoms with Crippen LogP contribution in [0.2, 0.25) is 5.02 Å². The maximum atomic E-state index is 13.4. The molecule has 3 aromatic rings. The summed E-state index contributed by atoms with van der Waals surface area (Å²) in [6.07, 6.45) is 2.77. The number of benzene rings is 2. The summed E-state index contributed by atoms with van der Waals surface area (Å²) in [5.74, 6) is -1.96. The van der Waals surface area contributed by atoms with Crippen LogP contribution in [0.15, 0.2) is 83.6 Å². The molecule has 0 saturated heterocycles. The Hall–Kier alpha value is -3.49. The molecule has 9 heteroatoms. The zero-order chi connectivity index (χ0) is 22.2. The Morgan fingerprint density at radius 3 is 2.45 bits per heavy atom. The van der Waals surface area contributed by atoms with E-state index in [1.165, 1.54) is 60.9 Å². The largest absolute Gasteiger partial charge is 0.505 e. The second kappa shape index (κ2) is 7.98. The Morgan fingerprint density at radius 1 is 1.03 bits per heavy atom. The van der Waals surface area contributed by atoms with E-state index in [2.05, 4.69) is 4.98 Å². The molecule has 1 aromatic heterocycles. The number of carbonyl (C=O) groups is 2. The van der Waals surface area contributed by atoms with E-state index in [0.717, 1.165) is 0 Å². The highest BCUT2D eigenvalue weighted by Crippen LogP contribution is 2.36. The van der Waals surface area contributed by atoms with Gasteiger partial charge in [0.25, 0.3) is 10.0 Å². The van der Waals surface area contributed by atoms with Gasteiger partial charge in [-0.1, -0.05) is 35.9 Å². The molecule has 1 aliphatic heterocycles. The highest BCUT2D eigenvalue weighted by molar-refractivity contribution is 7.89. The first kappa shape index (κ1) is 20.8. The van der Waals surface area contributed by atoms with Crippen molar-refractivity contribution in [1.82, 2.24) is 9.29 Å². The fourth-order valence-electron chi connectivity index (χ4n) is 3.28. The van der Waals surface area contributed by atoms with Gasteiger partial charge in [-0.05, 0) is 36.4 Å². The predicted octanol–water partition coefficient (Wildman–Crippen LogP) is 3.73. The van der Waals surface area contributed by atoms with Crippen molar-refractivity contribution in [1.29, 1.82) is 0 Å². The Labute approximate surface area is 183 Å². The second-order valence-electron chi connectivity index (χ2n) is 6.68. The van der Waals surface area contributed by atoms with Crippen LogP contribution >= 0.6 is 11.6 Å². The molecular formula is C22H15ClN2O5S. The lowest BCUT2D eigenvalue weighted by molar-refractivity contribution is 0.0952. The molecule has 0 amide bonds. The summed E-state index contributed by atoms with van der Waals surface area (Å²) < 4.78 is 27.4. The number of aliphatic hydroxyl groups excluding tert-OH is 1. The van der Waals surface area contributed by atoms with Gasteiger partial charge in [0.1, 0.15) is 5.70 Å². The minimum absolute atomic E-state index is 0.0703. The zero-order valence-electron chi connectivity index (χ0n) is 15.9. The van der Waals surface area contributed by atoms with Crippen LogP contribution in [0, 0.1) is 0 Å². The van der Waals surface area contributed by atoms with Gasteiger partial charge in [-0.15, -0.1) is 0 Å². The summed E-state index contributed by atoms with van der Waals surface area (Å²) in [4.78, 5) is 29.7. The zero-order valence-corrected chi connectivity index (χ0v) is 17.5.